The van der Waals surface area contributed by atoms with Gasteiger partial charge in [0.25, 0.3) is 0 Å². The van der Waals surface area contributed by atoms with E-state index in [1.54, 1.807) is 0 Å². The number of alkyl halides is 3. The normalized spacial score (nSPS) is 15.3. The predicted octanol–water partition coefficient (Wildman–Crippen LogP) is 3.29. The van der Waals surface area contributed by atoms with Crippen LogP contribution in [0.25, 0.3) is 0 Å². The average Bonchev–Trinajstić information content (AvgIpc) is 3.03. The number of halogens is 4. The van der Waals surface area contributed by atoms with Gasteiger partial charge in [-0.05, 0) is 43.3 Å². The third-order valence-corrected chi connectivity index (χ3v) is 2.66. The van der Waals surface area contributed by atoms with Gasteiger partial charge in [-0.2, -0.15) is 13.2 Å². The SMILES string of the molecule is Fc1ccc(NC(=S)NC2CC2)cc1C(F)(F)F. The molecule has 0 radical (unpaired) electrons. The molecule has 7 heteroatoms. The van der Waals surface area contributed by atoms with Gasteiger partial charge in [-0.15, -0.1) is 0 Å². The van der Waals surface area contributed by atoms with Crippen LogP contribution >= 0.6 is 12.2 Å². The van der Waals surface area contributed by atoms with Crippen molar-refractivity contribution in [3.05, 3.63) is 29.6 Å². The molecule has 0 aliphatic heterocycles. The molecule has 0 aromatic heterocycles. The first-order valence-electron chi connectivity index (χ1n) is 5.30. The Kier molecular flexibility index (Phi) is 3.43. The van der Waals surface area contributed by atoms with Crippen LogP contribution in [0.1, 0.15) is 18.4 Å². The van der Waals surface area contributed by atoms with E-state index in [0.717, 1.165) is 18.9 Å². The van der Waals surface area contributed by atoms with Gasteiger partial charge in [0, 0.05) is 11.7 Å². The first kappa shape index (κ1) is 13.1. The highest BCUT2D eigenvalue weighted by atomic mass is 32.1. The van der Waals surface area contributed by atoms with Crippen LogP contribution in [0.15, 0.2) is 18.2 Å². The number of hydrogen-bond donors (Lipinski definition) is 2. The first-order chi connectivity index (χ1) is 8.36. The second-order valence-corrected chi connectivity index (χ2v) is 4.47. The fourth-order valence-electron chi connectivity index (χ4n) is 1.40. The summed E-state index contributed by atoms with van der Waals surface area (Å²) < 4.78 is 50.4. The topological polar surface area (TPSA) is 24.1 Å². The fourth-order valence-corrected chi connectivity index (χ4v) is 1.69. The number of benzene rings is 1. The number of nitrogens with one attached hydrogen (secondary N) is 2. The zero-order valence-corrected chi connectivity index (χ0v) is 9.96. The van der Waals surface area contributed by atoms with Crippen molar-refractivity contribution in [1.29, 1.82) is 0 Å². The van der Waals surface area contributed by atoms with Gasteiger partial charge >= 0.3 is 6.18 Å². The Morgan fingerprint density at radius 3 is 2.50 bits per heavy atom. The molecule has 0 amide bonds. The molecule has 1 aromatic rings. The van der Waals surface area contributed by atoms with Crippen molar-refractivity contribution in [2.45, 2.75) is 25.1 Å². The lowest BCUT2D eigenvalue weighted by molar-refractivity contribution is -0.139. The Morgan fingerprint density at radius 2 is 1.94 bits per heavy atom. The highest BCUT2D eigenvalue weighted by Gasteiger charge is 2.34. The number of rotatable bonds is 2. The van der Waals surface area contributed by atoms with E-state index in [9.17, 15) is 17.6 Å². The lowest BCUT2D eigenvalue weighted by Gasteiger charge is -2.13. The molecule has 0 saturated heterocycles. The summed E-state index contributed by atoms with van der Waals surface area (Å²) in [5.74, 6) is -1.30. The van der Waals surface area contributed by atoms with Gasteiger partial charge in [0.15, 0.2) is 5.11 Å². The molecular weight excluding hydrogens is 268 g/mol. The smallest absolute Gasteiger partial charge is 0.360 e. The molecule has 1 aliphatic carbocycles. The Morgan fingerprint density at radius 1 is 1.28 bits per heavy atom. The summed E-state index contributed by atoms with van der Waals surface area (Å²) in [4.78, 5) is 0. The van der Waals surface area contributed by atoms with E-state index >= 15 is 0 Å². The third kappa shape index (κ3) is 3.32. The van der Waals surface area contributed by atoms with E-state index < -0.39 is 17.6 Å². The Bertz CT molecular complexity index is 469. The van der Waals surface area contributed by atoms with Crippen LogP contribution in [0.2, 0.25) is 0 Å². The molecule has 98 valence electrons. The molecule has 0 atom stereocenters. The maximum Gasteiger partial charge on any atom is 0.419 e. The van der Waals surface area contributed by atoms with E-state index in [-0.39, 0.29) is 10.8 Å². The highest BCUT2D eigenvalue weighted by Crippen LogP contribution is 2.33. The molecule has 0 unspecified atom stereocenters. The highest BCUT2D eigenvalue weighted by molar-refractivity contribution is 7.80. The van der Waals surface area contributed by atoms with Crippen molar-refractivity contribution in [1.82, 2.24) is 5.32 Å². The Labute approximate surface area is 106 Å². The maximum absolute atomic E-state index is 13.0. The van der Waals surface area contributed by atoms with E-state index in [4.69, 9.17) is 12.2 Å². The molecule has 1 aliphatic rings. The van der Waals surface area contributed by atoms with E-state index in [1.807, 2.05) is 0 Å². The standard InChI is InChI=1S/C11H10F4N2S/c12-9-4-3-7(5-8(9)11(13,14)15)17-10(18)16-6-1-2-6/h3-6H,1-2H2,(H2,16,17,18). The van der Waals surface area contributed by atoms with Gasteiger partial charge in [-0.3, -0.25) is 0 Å². The molecule has 1 fully saturated rings. The lowest BCUT2D eigenvalue weighted by atomic mass is 10.2. The second-order valence-electron chi connectivity index (χ2n) is 4.07. The van der Waals surface area contributed by atoms with Crippen molar-refractivity contribution in [3.8, 4) is 0 Å². The summed E-state index contributed by atoms with van der Waals surface area (Å²) in [5.41, 5.74) is -1.19. The van der Waals surface area contributed by atoms with Gasteiger partial charge in [0.1, 0.15) is 5.82 Å². The average molecular weight is 278 g/mol. The van der Waals surface area contributed by atoms with Crippen LogP contribution in [0.3, 0.4) is 0 Å². The van der Waals surface area contributed by atoms with E-state index in [0.29, 0.717) is 12.1 Å². The van der Waals surface area contributed by atoms with Gasteiger partial charge in [-0.25, -0.2) is 4.39 Å². The molecule has 2 N–H and O–H groups in total. The molecule has 0 heterocycles. The molecule has 2 rings (SSSR count). The largest absolute Gasteiger partial charge is 0.419 e. The van der Waals surface area contributed by atoms with Gasteiger partial charge in [0.2, 0.25) is 0 Å². The summed E-state index contributed by atoms with van der Waals surface area (Å²) in [7, 11) is 0. The second kappa shape index (κ2) is 4.72. The minimum atomic E-state index is -4.71. The maximum atomic E-state index is 13.0. The van der Waals surface area contributed by atoms with Gasteiger partial charge in [-0.1, -0.05) is 0 Å². The van der Waals surface area contributed by atoms with Crippen LogP contribution in [-0.2, 0) is 6.18 Å². The number of anilines is 1. The lowest BCUT2D eigenvalue weighted by Crippen LogP contribution is -2.30. The van der Waals surface area contributed by atoms with Gasteiger partial charge < -0.3 is 10.6 Å². The van der Waals surface area contributed by atoms with Crippen LogP contribution in [0.4, 0.5) is 23.2 Å². The van der Waals surface area contributed by atoms with E-state index in [2.05, 4.69) is 10.6 Å². The fraction of sp³-hybridized carbons (Fsp3) is 0.364. The number of thiocarbonyl (C=S) groups is 1. The van der Waals surface area contributed by atoms with E-state index in [1.165, 1.54) is 6.07 Å². The zero-order valence-electron chi connectivity index (χ0n) is 9.14. The minimum Gasteiger partial charge on any atom is -0.360 e. The van der Waals surface area contributed by atoms with Crippen LogP contribution in [-0.4, -0.2) is 11.2 Å². The van der Waals surface area contributed by atoms with Gasteiger partial charge in [0.05, 0.1) is 5.56 Å². The molecule has 2 nitrogen and oxygen atoms in total. The molecule has 1 aromatic carbocycles. The summed E-state index contributed by atoms with van der Waals surface area (Å²) in [6.45, 7) is 0. The molecule has 18 heavy (non-hydrogen) atoms. The quantitative estimate of drug-likeness (QED) is 0.641. The van der Waals surface area contributed by atoms with Crippen molar-refractivity contribution in [3.63, 3.8) is 0 Å². The summed E-state index contributed by atoms with van der Waals surface area (Å²) >= 11 is 4.92. The van der Waals surface area contributed by atoms with Crippen molar-refractivity contribution < 1.29 is 17.6 Å². The third-order valence-electron chi connectivity index (χ3n) is 2.44. The molecule has 0 bridgehead atoms. The van der Waals surface area contributed by atoms with Crippen LogP contribution in [0.5, 0.6) is 0 Å². The summed E-state index contributed by atoms with van der Waals surface area (Å²) in [6.07, 6.45) is -2.72. The first-order valence-corrected chi connectivity index (χ1v) is 5.71. The Hall–Kier alpha value is -1.37. The zero-order chi connectivity index (χ0) is 13.3. The van der Waals surface area contributed by atoms with Crippen molar-refractivity contribution >= 4 is 23.0 Å². The summed E-state index contributed by atoms with van der Waals surface area (Å²) in [5, 5.41) is 5.77. The minimum absolute atomic E-state index is 0.113. The monoisotopic (exact) mass is 278 g/mol. The number of hydrogen-bond acceptors (Lipinski definition) is 1. The van der Waals surface area contributed by atoms with Crippen molar-refractivity contribution in [2.24, 2.45) is 0 Å². The molecule has 0 spiro atoms. The predicted molar refractivity (Wildman–Crippen MR) is 63.8 cm³/mol. The summed E-state index contributed by atoms with van der Waals surface area (Å²) in [6, 6.07) is 2.99. The molecule has 1 saturated carbocycles. The molecular formula is C11H10F4N2S. The van der Waals surface area contributed by atoms with Crippen LogP contribution in [0, 0.1) is 5.82 Å². The van der Waals surface area contributed by atoms with Crippen molar-refractivity contribution in [2.75, 3.05) is 5.32 Å². The Balaban J connectivity index is 2.11. The van der Waals surface area contributed by atoms with Crippen LogP contribution < -0.4 is 10.6 Å².